The summed E-state index contributed by atoms with van der Waals surface area (Å²) in [4.78, 5) is 17.8. The molecular formula is C11H6F3N3O. The molecule has 7 heteroatoms. The molecule has 0 atom stereocenters. The smallest absolute Gasteiger partial charge is 0.317 e. The Bertz CT molecular complexity index is 800. The van der Waals surface area contributed by atoms with Gasteiger partial charge in [-0.05, 0) is 18.2 Å². The average Bonchev–Trinajstić information content (AvgIpc) is 2.77. The Hall–Kier alpha value is -2.31. The minimum Gasteiger partial charge on any atom is -0.317 e. The van der Waals surface area contributed by atoms with Crippen molar-refractivity contribution in [2.75, 3.05) is 0 Å². The van der Waals surface area contributed by atoms with E-state index in [1.807, 2.05) is 0 Å². The number of nitrogens with zero attached hydrogens (tertiary/aromatic N) is 2. The maximum absolute atomic E-state index is 12.6. The largest absolute Gasteiger partial charge is 0.416 e. The first-order valence-electron chi connectivity index (χ1n) is 5.03. The molecule has 4 nitrogen and oxygen atoms in total. The molecule has 18 heavy (non-hydrogen) atoms. The van der Waals surface area contributed by atoms with Crippen molar-refractivity contribution < 1.29 is 13.2 Å². The van der Waals surface area contributed by atoms with Crippen LogP contribution in [0.2, 0.25) is 0 Å². The number of benzene rings is 1. The summed E-state index contributed by atoms with van der Waals surface area (Å²) in [6, 6.07) is 3.19. The minimum absolute atomic E-state index is 0.125. The summed E-state index contributed by atoms with van der Waals surface area (Å²) in [7, 11) is 0. The molecule has 0 amide bonds. The van der Waals surface area contributed by atoms with E-state index < -0.39 is 17.3 Å². The van der Waals surface area contributed by atoms with E-state index >= 15 is 0 Å². The van der Waals surface area contributed by atoms with Crippen molar-refractivity contribution in [2.24, 2.45) is 0 Å². The van der Waals surface area contributed by atoms with Gasteiger partial charge in [0.2, 0.25) is 5.65 Å². The predicted octanol–water partition coefficient (Wildman–Crippen LogP) is 2.19. The van der Waals surface area contributed by atoms with Gasteiger partial charge in [0, 0.05) is 12.4 Å². The van der Waals surface area contributed by atoms with Crippen molar-refractivity contribution in [3.05, 3.63) is 46.5 Å². The van der Waals surface area contributed by atoms with Crippen LogP contribution in [-0.4, -0.2) is 14.4 Å². The quantitative estimate of drug-likeness (QED) is 0.667. The highest BCUT2D eigenvalue weighted by Gasteiger charge is 2.30. The zero-order chi connectivity index (χ0) is 12.9. The van der Waals surface area contributed by atoms with Crippen LogP contribution in [0.25, 0.3) is 16.7 Å². The highest BCUT2D eigenvalue weighted by Crippen LogP contribution is 2.30. The lowest BCUT2D eigenvalue weighted by atomic mass is 10.2. The van der Waals surface area contributed by atoms with Gasteiger partial charge in [0.15, 0.2) is 0 Å². The number of alkyl halides is 3. The first-order chi connectivity index (χ1) is 8.47. The second-order valence-electron chi connectivity index (χ2n) is 3.80. The Morgan fingerprint density at radius 1 is 1.28 bits per heavy atom. The Labute approximate surface area is 97.7 Å². The zero-order valence-corrected chi connectivity index (χ0v) is 8.82. The second kappa shape index (κ2) is 3.34. The molecule has 0 saturated heterocycles. The fraction of sp³-hybridized carbons (Fsp3) is 0.0909. The van der Waals surface area contributed by atoms with Crippen molar-refractivity contribution in [2.45, 2.75) is 6.18 Å². The first-order valence-corrected chi connectivity index (χ1v) is 5.03. The number of nitrogens with one attached hydrogen (secondary N) is 1. The summed E-state index contributed by atoms with van der Waals surface area (Å²) in [6.07, 6.45) is -1.49. The molecule has 0 spiro atoms. The van der Waals surface area contributed by atoms with Gasteiger partial charge in [-0.1, -0.05) is 0 Å². The van der Waals surface area contributed by atoms with Gasteiger partial charge in [-0.3, -0.25) is 9.20 Å². The monoisotopic (exact) mass is 253 g/mol. The Balaban J connectivity index is 2.43. The van der Waals surface area contributed by atoms with Crippen molar-refractivity contribution in [1.29, 1.82) is 0 Å². The highest BCUT2D eigenvalue weighted by molar-refractivity contribution is 5.78. The van der Waals surface area contributed by atoms with Gasteiger partial charge in [0.25, 0.3) is 5.56 Å². The lowest BCUT2D eigenvalue weighted by molar-refractivity contribution is -0.137. The molecule has 1 aromatic carbocycles. The lowest BCUT2D eigenvalue weighted by Gasteiger charge is -2.08. The van der Waals surface area contributed by atoms with Crippen molar-refractivity contribution >= 4 is 16.7 Å². The van der Waals surface area contributed by atoms with E-state index in [9.17, 15) is 18.0 Å². The molecule has 0 aliphatic carbocycles. The fourth-order valence-electron chi connectivity index (χ4n) is 1.87. The summed E-state index contributed by atoms with van der Waals surface area (Å²) < 4.78 is 39.1. The van der Waals surface area contributed by atoms with Gasteiger partial charge in [-0.25, -0.2) is 4.98 Å². The summed E-state index contributed by atoms with van der Waals surface area (Å²) in [5.41, 5.74) is -0.574. The molecule has 0 aliphatic rings. The van der Waals surface area contributed by atoms with E-state index in [0.29, 0.717) is 5.52 Å². The van der Waals surface area contributed by atoms with Gasteiger partial charge in [-0.15, -0.1) is 0 Å². The van der Waals surface area contributed by atoms with E-state index in [2.05, 4.69) is 9.97 Å². The fourth-order valence-corrected chi connectivity index (χ4v) is 1.87. The standard InChI is InChI=1S/C11H6F3N3O/c12-11(13,14)6-1-2-8-7(5-6)16-10(18)9-15-3-4-17(8)9/h1-5H,(H,16,18). The van der Waals surface area contributed by atoms with E-state index in [1.54, 1.807) is 0 Å². The lowest BCUT2D eigenvalue weighted by Crippen LogP contribution is -2.12. The van der Waals surface area contributed by atoms with E-state index in [0.717, 1.165) is 12.1 Å². The number of hydrogen-bond donors (Lipinski definition) is 1. The number of aromatic nitrogens is 3. The van der Waals surface area contributed by atoms with Crippen LogP contribution in [0.4, 0.5) is 13.2 Å². The number of aromatic amines is 1. The molecule has 0 unspecified atom stereocenters. The van der Waals surface area contributed by atoms with Crippen LogP contribution in [0.1, 0.15) is 5.56 Å². The van der Waals surface area contributed by atoms with Crippen LogP contribution >= 0.6 is 0 Å². The average molecular weight is 253 g/mol. The molecule has 3 aromatic rings. The van der Waals surface area contributed by atoms with Gasteiger partial charge in [0.05, 0.1) is 16.6 Å². The first kappa shape index (κ1) is 10.8. The molecule has 2 heterocycles. The molecule has 92 valence electrons. The van der Waals surface area contributed by atoms with Crippen LogP contribution in [0, 0.1) is 0 Å². The van der Waals surface area contributed by atoms with Crippen LogP contribution in [-0.2, 0) is 6.18 Å². The number of imidazole rings is 1. The van der Waals surface area contributed by atoms with Gasteiger partial charge < -0.3 is 4.98 Å². The molecule has 3 rings (SSSR count). The Kier molecular flexibility index (Phi) is 2.01. The third-order valence-corrected chi connectivity index (χ3v) is 2.68. The minimum atomic E-state index is -4.44. The zero-order valence-electron chi connectivity index (χ0n) is 8.82. The number of fused-ring (bicyclic) bond motifs is 3. The predicted molar refractivity (Wildman–Crippen MR) is 58.3 cm³/mol. The SMILES string of the molecule is O=c1[nH]c2cc(C(F)(F)F)ccc2n2ccnc12. The van der Waals surface area contributed by atoms with Crippen LogP contribution in [0.5, 0.6) is 0 Å². The molecule has 0 radical (unpaired) electrons. The summed E-state index contributed by atoms with van der Waals surface area (Å²) in [5.74, 6) is 0. The Morgan fingerprint density at radius 3 is 2.78 bits per heavy atom. The Morgan fingerprint density at radius 2 is 2.06 bits per heavy atom. The summed E-state index contributed by atoms with van der Waals surface area (Å²) >= 11 is 0. The molecule has 0 aliphatic heterocycles. The highest BCUT2D eigenvalue weighted by atomic mass is 19.4. The van der Waals surface area contributed by atoms with E-state index in [1.165, 1.54) is 22.9 Å². The van der Waals surface area contributed by atoms with Gasteiger partial charge in [0.1, 0.15) is 0 Å². The maximum Gasteiger partial charge on any atom is 0.416 e. The van der Waals surface area contributed by atoms with E-state index in [4.69, 9.17) is 0 Å². The normalized spacial score (nSPS) is 12.4. The molecule has 0 saturated carbocycles. The van der Waals surface area contributed by atoms with Crippen molar-refractivity contribution in [3.8, 4) is 0 Å². The molecule has 0 fully saturated rings. The van der Waals surface area contributed by atoms with Gasteiger partial charge in [-0.2, -0.15) is 13.2 Å². The maximum atomic E-state index is 12.6. The van der Waals surface area contributed by atoms with Gasteiger partial charge >= 0.3 is 6.18 Å². The molecule has 1 N–H and O–H groups in total. The topological polar surface area (TPSA) is 50.2 Å². The summed E-state index contributed by atoms with van der Waals surface area (Å²) in [6.45, 7) is 0. The van der Waals surface area contributed by atoms with Crippen molar-refractivity contribution in [1.82, 2.24) is 14.4 Å². The number of rotatable bonds is 0. The molecular weight excluding hydrogens is 247 g/mol. The summed E-state index contributed by atoms with van der Waals surface area (Å²) in [5, 5.41) is 0. The third-order valence-electron chi connectivity index (χ3n) is 2.68. The number of H-pyrrole nitrogens is 1. The van der Waals surface area contributed by atoms with Crippen LogP contribution in [0.3, 0.4) is 0 Å². The van der Waals surface area contributed by atoms with Crippen LogP contribution in [0.15, 0.2) is 35.4 Å². The molecule has 0 bridgehead atoms. The second-order valence-corrected chi connectivity index (χ2v) is 3.80. The van der Waals surface area contributed by atoms with E-state index in [-0.39, 0.29) is 11.2 Å². The number of hydrogen-bond acceptors (Lipinski definition) is 2. The third kappa shape index (κ3) is 1.47. The molecule has 2 aromatic heterocycles. The number of halogens is 3. The van der Waals surface area contributed by atoms with Crippen molar-refractivity contribution in [3.63, 3.8) is 0 Å². The van der Waals surface area contributed by atoms with Crippen LogP contribution < -0.4 is 5.56 Å².